The average Bonchev–Trinajstić information content (AvgIpc) is 3.22. The zero-order chi connectivity index (χ0) is 15.4. The lowest BCUT2D eigenvalue weighted by Gasteiger charge is -2.19. The van der Waals surface area contributed by atoms with E-state index < -0.39 is 0 Å². The van der Waals surface area contributed by atoms with Crippen molar-refractivity contribution in [1.82, 2.24) is 15.5 Å². The summed E-state index contributed by atoms with van der Waals surface area (Å²) < 4.78 is 5.84. The minimum Gasteiger partial charge on any atom is -0.373 e. The molecule has 2 heterocycles. The van der Waals surface area contributed by atoms with Crippen molar-refractivity contribution in [2.24, 2.45) is 5.92 Å². The number of hydrogen-bond acceptors (Lipinski definition) is 3. The number of aromatic amines is 1. The summed E-state index contributed by atoms with van der Waals surface area (Å²) in [5, 5.41) is 9.88. The molecular weight excluding hydrogens is 278 g/mol. The fourth-order valence-corrected chi connectivity index (χ4v) is 2.83. The summed E-state index contributed by atoms with van der Waals surface area (Å²) in [6.07, 6.45) is 1.86. The fourth-order valence-electron chi connectivity index (χ4n) is 2.83. The molecule has 5 heteroatoms. The number of aromatic nitrogens is 2. The Morgan fingerprint density at radius 2 is 2.23 bits per heavy atom. The van der Waals surface area contributed by atoms with Crippen molar-refractivity contribution >= 4 is 5.91 Å². The molecule has 116 valence electrons. The number of nitrogens with one attached hydrogen (secondary N) is 2. The summed E-state index contributed by atoms with van der Waals surface area (Å²) in [7, 11) is 0. The van der Waals surface area contributed by atoms with Gasteiger partial charge in [0.2, 0.25) is 0 Å². The predicted octanol–water partition coefficient (Wildman–Crippen LogP) is 2.48. The highest BCUT2D eigenvalue weighted by Gasteiger charge is 2.29. The monoisotopic (exact) mass is 299 g/mol. The summed E-state index contributed by atoms with van der Waals surface area (Å²) in [6.45, 7) is 3.37. The van der Waals surface area contributed by atoms with E-state index >= 15 is 0 Å². The Kier molecular flexibility index (Phi) is 4.53. The van der Waals surface area contributed by atoms with Crippen LogP contribution in [0.2, 0.25) is 0 Å². The van der Waals surface area contributed by atoms with Crippen LogP contribution in [0, 0.1) is 5.92 Å². The van der Waals surface area contributed by atoms with E-state index in [1.165, 1.54) is 5.56 Å². The Labute approximate surface area is 130 Å². The van der Waals surface area contributed by atoms with E-state index in [1.807, 2.05) is 25.1 Å². The summed E-state index contributed by atoms with van der Waals surface area (Å²) in [6, 6.07) is 12.0. The standard InChI is InChI=1S/C17H21N3O2/c1-2-14-10-15(20-19-14)17(21)18-11-13-8-9-22-16(13)12-6-4-3-5-7-12/h3-7,10,13,16H,2,8-9,11H2,1H3,(H,18,21)(H,19,20)/t13-,16-/m0/s1. The van der Waals surface area contributed by atoms with Gasteiger partial charge in [-0.3, -0.25) is 9.89 Å². The molecule has 5 nitrogen and oxygen atoms in total. The molecule has 1 amide bonds. The van der Waals surface area contributed by atoms with Crippen molar-refractivity contribution in [2.75, 3.05) is 13.2 Å². The van der Waals surface area contributed by atoms with Gasteiger partial charge in [0.05, 0.1) is 6.10 Å². The first-order valence-corrected chi connectivity index (χ1v) is 7.77. The highest BCUT2D eigenvalue weighted by atomic mass is 16.5. The lowest BCUT2D eigenvalue weighted by Crippen LogP contribution is -2.30. The molecule has 2 atom stereocenters. The van der Waals surface area contributed by atoms with Gasteiger partial charge in [0.15, 0.2) is 0 Å². The molecular formula is C17H21N3O2. The number of rotatable bonds is 5. The van der Waals surface area contributed by atoms with Crippen LogP contribution in [0.25, 0.3) is 0 Å². The second-order valence-corrected chi connectivity index (χ2v) is 5.59. The van der Waals surface area contributed by atoms with Gasteiger partial charge in [0.1, 0.15) is 5.69 Å². The van der Waals surface area contributed by atoms with Crippen LogP contribution >= 0.6 is 0 Å². The van der Waals surface area contributed by atoms with Gasteiger partial charge in [0.25, 0.3) is 5.91 Å². The van der Waals surface area contributed by atoms with E-state index in [4.69, 9.17) is 4.74 Å². The van der Waals surface area contributed by atoms with Crippen molar-refractivity contribution in [3.8, 4) is 0 Å². The van der Waals surface area contributed by atoms with E-state index in [0.29, 0.717) is 18.2 Å². The maximum atomic E-state index is 12.1. The first kappa shape index (κ1) is 14.8. The Morgan fingerprint density at radius 3 is 2.95 bits per heavy atom. The van der Waals surface area contributed by atoms with Crippen molar-refractivity contribution in [2.45, 2.75) is 25.9 Å². The first-order valence-electron chi connectivity index (χ1n) is 7.77. The highest BCUT2D eigenvalue weighted by molar-refractivity contribution is 5.92. The van der Waals surface area contributed by atoms with E-state index in [9.17, 15) is 4.79 Å². The summed E-state index contributed by atoms with van der Waals surface area (Å²) in [5.74, 6) is 0.172. The number of aryl methyl sites for hydroxylation is 1. The third-order valence-electron chi connectivity index (χ3n) is 4.11. The van der Waals surface area contributed by atoms with Crippen LogP contribution in [0.1, 0.15) is 41.2 Å². The Balaban J connectivity index is 1.59. The lowest BCUT2D eigenvalue weighted by atomic mass is 9.95. The molecule has 1 aliphatic rings. The van der Waals surface area contributed by atoms with E-state index in [-0.39, 0.29) is 12.0 Å². The minimum absolute atomic E-state index is 0.0619. The molecule has 1 saturated heterocycles. The fraction of sp³-hybridized carbons (Fsp3) is 0.412. The number of H-pyrrole nitrogens is 1. The predicted molar refractivity (Wildman–Crippen MR) is 83.5 cm³/mol. The molecule has 0 aliphatic carbocycles. The van der Waals surface area contributed by atoms with Crippen molar-refractivity contribution in [1.29, 1.82) is 0 Å². The zero-order valence-corrected chi connectivity index (χ0v) is 12.7. The molecule has 1 aliphatic heterocycles. The highest BCUT2D eigenvalue weighted by Crippen LogP contribution is 2.33. The van der Waals surface area contributed by atoms with Gasteiger partial charge >= 0.3 is 0 Å². The van der Waals surface area contributed by atoms with Crippen LogP contribution in [-0.4, -0.2) is 29.3 Å². The van der Waals surface area contributed by atoms with Gasteiger partial charge in [-0.2, -0.15) is 5.10 Å². The molecule has 0 spiro atoms. The smallest absolute Gasteiger partial charge is 0.271 e. The van der Waals surface area contributed by atoms with Gasteiger partial charge in [0, 0.05) is 24.8 Å². The number of hydrogen-bond donors (Lipinski definition) is 2. The molecule has 2 N–H and O–H groups in total. The Morgan fingerprint density at radius 1 is 1.41 bits per heavy atom. The molecule has 0 saturated carbocycles. The van der Waals surface area contributed by atoms with Crippen LogP contribution in [0.15, 0.2) is 36.4 Å². The van der Waals surface area contributed by atoms with Gasteiger partial charge in [-0.05, 0) is 24.5 Å². The van der Waals surface area contributed by atoms with Crippen molar-refractivity contribution in [3.63, 3.8) is 0 Å². The molecule has 22 heavy (non-hydrogen) atoms. The van der Waals surface area contributed by atoms with Crippen molar-refractivity contribution < 1.29 is 9.53 Å². The largest absolute Gasteiger partial charge is 0.373 e. The Bertz CT molecular complexity index is 624. The number of benzene rings is 1. The van der Waals surface area contributed by atoms with Crippen LogP contribution in [-0.2, 0) is 11.2 Å². The molecule has 1 aromatic carbocycles. The van der Waals surface area contributed by atoms with Gasteiger partial charge in [-0.25, -0.2) is 0 Å². The second kappa shape index (κ2) is 6.75. The minimum atomic E-state index is -0.130. The summed E-state index contributed by atoms with van der Waals surface area (Å²) in [5.41, 5.74) is 2.59. The van der Waals surface area contributed by atoms with Crippen LogP contribution in [0.5, 0.6) is 0 Å². The normalized spacial score (nSPS) is 21.0. The van der Waals surface area contributed by atoms with E-state index in [1.54, 1.807) is 6.07 Å². The maximum absolute atomic E-state index is 12.1. The summed E-state index contributed by atoms with van der Waals surface area (Å²) in [4.78, 5) is 12.1. The quantitative estimate of drug-likeness (QED) is 0.891. The van der Waals surface area contributed by atoms with Gasteiger partial charge in [-0.15, -0.1) is 0 Å². The van der Waals surface area contributed by atoms with Crippen LogP contribution < -0.4 is 5.32 Å². The topological polar surface area (TPSA) is 67.0 Å². The third kappa shape index (κ3) is 3.20. The molecule has 2 aromatic rings. The van der Waals surface area contributed by atoms with Crippen molar-refractivity contribution in [3.05, 3.63) is 53.3 Å². The Hall–Kier alpha value is -2.14. The van der Waals surface area contributed by atoms with E-state index in [2.05, 4.69) is 27.6 Å². The molecule has 0 unspecified atom stereocenters. The molecule has 1 aromatic heterocycles. The maximum Gasteiger partial charge on any atom is 0.271 e. The number of carbonyl (C=O) groups excluding carboxylic acids is 1. The average molecular weight is 299 g/mol. The SMILES string of the molecule is CCc1cc(C(=O)NC[C@@H]2CCO[C@H]2c2ccccc2)n[nH]1. The lowest BCUT2D eigenvalue weighted by molar-refractivity contribution is 0.0844. The molecule has 0 radical (unpaired) electrons. The summed E-state index contributed by atoms with van der Waals surface area (Å²) >= 11 is 0. The number of amides is 1. The zero-order valence-electron chi connectivity index (χ0n) is 12.7. The molecule has 0 bridgehead atoms. The van der Waals surface area contributed by atoms with Gasteiger partial charge < -0.3 is 10.1 Å². The van der Waals surface area contributed by atoms with Gasteiger partial charge in [-0.1, -0.05) is 37.3 Å². The first-order chi connectivity index (χ1) is 10.8. The van der Waals surface area contributed by atoms with E-state index in [0.717, 1.165) is 25.1 Å². The number of carbonyl (C=O) groups is 1. The molecule has 3 rings (SSSR count). The third-order valence-corrected chi connectivity index (χ3v) is 4.11. The second-order valence-electron chi connectivity index (χ2n) is 5.59. The number of nitrogens with zero attached hydrogens (tertiary/aromatic N) is 1. The van der Waals surface area contributed by atoms with Crippen LogP contribution in [0.3, 0.4) is 0 Å². The number of ether oxygens (including phenoxy) is 1. The van der Waals surface area contributed by atoms with Crippen LogP contribution in [0.4, 0.5) is 0 Å². The molecule has 1 fully saturated rings.